The van der Waals surface area contributed by atoms with Crippen molar-refractivity contribution in [2.75, 3.05) is 14.2 Å². The van der Waals surface area contributed by atoms with Crippen LogP contribution in [0.25, 0.3) is 6.08 Å². The number of fused-ring (bicyclic) bond motifs is 1. The molecule has 2 heterocycles. The van der Waals surface area contributed by atoms with Gasteiger partial charge in [0, 0.05) is 6.92 Å². The van der Waals surface area contributed by atoms with Crippen molar-refractivity contribution in [1.82, 2.24) is 4.57 Å². The third kappa shape index (κ3) is 4.42. The summed E-state index contributed by atoms with van der Waals surface area (Å²) in [6.45, 7) is 3.03. The number of ether oxygens (including phenoxy) is 3. The maximum absolute atomic E-state index is 13.5. The summed E-state index contributed by atoms with van der Waals surface area (Å²) in [5.74, 6) is 0.0719. The molecule has 8 nitrogen and oxygen atoms in total. The third-order valence-electron chi connectivity index (χ3n) is 5.30. The van der Waals surface area contributed by atoms with Gasteiger partial charge in [0.05, 0.1) is 36.1 Å². The van der Waals surface area contributed by atoms with Gasteiger partial charge in [-0.15, -0.1) is 0 Å². The third-order valence-corrected chi connectivity index (χ3v) is 6.28. The standard InChI is InChI=1S/C25H22N2O6S/c1-14-21(24(30)32-4)22(17-7-11-19(12-8-17)33-15(2)28)27-23(29)20(34-25(27)26-14)13-16-5-9-18(31-3)10-6-16/h5-13,22H,1-4H3/b20-13+/t22-/m1/s1. The van der Waals surface area contributed by atoms with Gasteiger partial charge in [-0.2, -0.15) is 0 Å². The Hall–Kier alpha value is -3.98. The van der Waals surface area contributed by atoms with Gasteiger partial charge < -0.3 is 14.2 Å². The molecular formula is C25H22N2O6S. The van der Waals surface area contributed by atoms with E-state index in [1.165, 1.54) is 29.9 Å². The summed E-state index contributed by atoms with van der Waals surface area (Å²) in [5, 5.41) is 0. The predicted octanol–water partition coefficient (Wildman–Crippen LogP) is 2.34. The van der Waals surface area contributed by atoms with Gasteiger partial charge in [-0.1, -0.05) is 35.6 Å². The highest BCUT2D eigenvalue weighted by atomic mass is 32.1. The average molecular weight is 479 g/mol. The molecule has 3 aromatic rings. The average Bonchev–Trinajstić information content (AvgIpc) is 3.12. The molecule has 1 aliphatic rings. The van der Waals surface area contributed by atoms with Gasteiger partial charge in [0.25, 0.3) is 5.56 Å². The number of rotatable bonds is 5. The van der Waals surface area contributed by atoms with Crippen LogP contribution >= 0.6 is 11.3 Å². The van der Waals surface area contributed by atoms with Gasteiger partial charge in [0.1, 0.15) is 11.5 Å². The topological polar surface area (TPSA) is 96.2 Å². The van der Waals surface area contributed by atoms with E-state index in [0.29, 0.717) is 32.1 Å². The Labute approximate surface area is 199 Å². The van der Waals surface area contributed by atoms with Crippen molar-refractivity contribution in [2.45, 2.75) is 19.9 Å². The minimum atomic E-state index is -0.743. The molecule has 0 fully saturated rings. The molecule has 0 N–H and O–H groups in total. The van der Waals surface area contributed by atoms with E-state index < -0.39 is 18.0 Å². The van der Waals surface area contributed by atoms with Crippen molar-refractivity contribution >= 4 is 29.4 Å². The molecule has 9 heteroatoms. The van der Waals surface area contributed by atoms with Gasteiger partial charge in [-0.3, -0.25) is 14.2 Å². The van der Waals surface area contributed by atoms with Crippen LogP contribution in [-0.4, -0.2) is 30.7 Å². The van der Waals surface area contributed by atoms with Gasteiger partial charge in [0.2, 0.25) is 0 Å². The van der Waals surface area contributed by atoms with Crippen molar-refractivity contribution in [3.63, 3.8) is 0 Å². The van der Waals surface area contributed by atoms with E-state index in [-0.39, 0.29) is 11.1 Å². The first-order chi connectivity index (χ1) is 16.3. The molecule has 1 atom stereocenters. The van der Waals surface area contributed by atoms with Crippen LogP contribution in [0.15, 0.2) is 69.6 Å². The molecule has 0 bridgehead atoms. The second kappa shape index (κ2) is 9.48. The highest BCUT2D eigenvalue weighted by Gasteiger charge is 2.33. The van der Waals surface area contributed by atoms with Crippen molar-refractivity contribution in [2.24, 2.45) is 4.99 Å². The van der Waals surface area contributed by atoms with Crippen LogP contribution in [0, 0.1) is 0 Å². The monoisotopic (exact) mass is 478 g/mol. The quantitative estimate of drug-likeness (QED) is 0.413. The Morgan fingerprint density at radius 1 is 1.03 bits per heavy atom. The SMILES string of the molecule is COC(=O)C1=C(C)N=c2s/c(=C/c3ccc(OC)cc3)c(=O)n2[C@@H]1c1ccc(OC(C)=O)cc1. The first kappa shape index (κ1) is 23.2. The van der Waals surface area contributed by atoms with Crippen molar-refractivity contribution in [1.29, 1.82) is 0 Å². The summed E-state index contributed by atoms with van der Waals surface area (Å²) in [6.07, 6.45) is 1.78. The normalized spacial score (nSPS) is 15.4. The molecule has 174 valence electrons. The van der Waals surface area contributed by atoms with Crippen molar-refractivity contribution in [3.8, 4) is 11.5 Å². The molecule has 0 amide bonds. The Morgan fingerprint density at radius 2 is 1.68 bits per heavy atom. The van der Waals surface area contributed by atoms with E-state index in [1.54, 1.807) is 44.4 Å². The van der Waals surface area contributed by atoms with Crippen LogP contribution < -0.4 is 24.4 Å². The van der Waals surface area contributed by atoms with Crippen LogP contribution in [0.2, 0.25) is 0 Å². The maximum atomic E-state index is 13.5. The lowest BCUT2D eigenvalue weighted by Gasteiger charge is -2.24. The predicted molar refractivity (Wildman–Crippen MR) is 127 cm³/mol. The molecule has 34 heavy (non-hydrogen) atoms. The van der Waals surface area contributed by atoms with E-state index in [0.717, 1.165) is 5.56 Å². The minimum absolute atomic E-state index is 0.270. The molecule has 0 saturated carbocycles. The van der Waals surface area contributed by atoms with Crippen LogP contribution in [0.3, 0.4) is 0 Å². The van der Waals surface area contributed by atoms with E-state index in [4.69, 9.17) is 14.2 Å². The first-order valence-electron chi connectivity index (χ1n) is 10.4. The lowest BCUT2D eigenvalue weighted by molar-refractivity contribution is -0.136. The molecule has 4 rings (SSSR count). The Bertz CT molecular complexity index is 1460. The summed E-state index contributed by atoms with van der Waals surface area (Å²) >= 11 is 1.24. The largest absolute Gasteiger partial charge is 0.497 e. The molecule has 0 aliphatic carbocycles. The summed E-state index contributed by atoms with van der Waals surface area (Å²) in [4.78, 5) is 42.5. The summed E-state index contributed by atoms with van der Waals surface area (Å²) in [6, 6.07) is 13.3. The number of aromatic nitrogens is 1. The smallest absolute Gasteiger partial charge is 0.338 e. The summed E-state index contributed by atoms with van der Waals surface area (Å²) < 4.78 is 17.3. The molecule has 0 saturated heterocycles. The van der Waals surface area contributed by atoms with E-state index in [9.17, 15) is 14.4 Å². The number of hydrogen-bond donors (Lipinski definition) is 0. The van der Waals surface area contributed by atoms with Crippen LogP contribution in [0.1, 0.15) is 31.0 Å². The van der Waals surface area contributed by atoms with Gasteiger partial charge in [0.15, 0.2) is 4.80 Å². The van der Waals surface area contributed by atoms with E-state index in [1.807, 2.05) is 24.3 Å². The lowest BCUT2D eigenvalue weighted by atomic mass is 9.96. The highest BCUT2D eigenvalue weighted by Crippen LogP contribution is 2.31. The second-order valence-corrected chi connectivity index (χ2v) is 8.52. The molecule has 1 aromatic heterocycles. The fourth-order valence-corrected chi connectivity index (χ4v) is 4.79. The lowest BCUT2D eigenvalue weighted by Crippen LogP contribution is -2.39. The number of thiazole rings is 1. The van der Waals surface area contributed by atoms with Gasteiger partial charge >= 0.3 is 11.9 Å². The number of methoxy groups -OCH3 is 2. The molecule has 0 spiro atoms. The zero-order valence-electron chi connectivity index (χ0n) is 19.0. The fourth-order valence-electron chi connectivity index (χ4n) is 3.74. The fraction of sp³-hybridized carbons (Fsp3) is 0.200. The highest BCUT2D eigenvalue weighted by molar-refractivity contribution is 7.07. The molecule has 1 aliphatic heterocycles. The molecule has 0 unspecified atom stereocenters. The van der Waals surface area contributed by atoms with Gasteiger partial charge in [-0.05, 0) is 48.4 Å². The van der Waals surface area contributed by atoms with E-state index in [2.05, 4.69) is 4.99 Å². The number of carbonyl (C=O) groups is 2. The van der Waals surface area contributed by atoms with E-state index >= 15 is 0 Å². The second-order valence-electron chi connectivity index (χ2n) is 7.51. The zero-order chi connectivity index (χ0) is 24.4. The molecular weight excluding hydrogens is 456 g/mol. The Kier molecular flexibility index (Phi) is 6.47. The van der Waals surface area contributed by atoms with Gasteiger partial charge in [-0.25, -0.2) is 9.79 Å². The number of allylic oxidation sites excluding steroid dienone is 1. The number of benzene rings is 2. The zero-order valence-corrected chi connectivity index (χ0v) is 19.8. The minimum Gasteiger partial charge on any atom is -0.497 e. The number of hydrogen-bond acceptors (Lipinski definition) is 8. The van der Waals surface area contributed by atoms with Crippen LogP contribution in [0.5, 0.6) is 11.5 Å². The molecule has 2 aromatic carbocycles. The Balaban J connectivity index is 1.88. The maximum Gasteiger partial charge on any atom is 0.338 e. The van der Waals surface area contributed by atoms with Crippen molar-refractivity contribution in [3.05, 3.63) is 90.6 Å². The number of esters is 2. The summed E-state index contributed by atoms with van der Waals surface area (Å²) in [5.41, 5.74) is 1.95. The first-order valence-corrected chi connectivity index (χ1v) is 11.2. The number of nitrogens with zero attached hydrogens (tertiary/aromatic N) is 2. The Morgan fingerprint density at radius 3 is 2.26 bits per heavy atom. The van der Waals surface area contributed by atoms with Crippen LogP contribution in [-0.2, 0) is 14.3 Å². The summed E-state index contributed by atoms with van der Waals surface area (Å²) in [7, 11) is 2.88. The van der Waals surface area contributed by atoms with Crippen molar-refractivity contribution < 1.29 is 23.8 Å². The van der Waals surface area contributed by atoms with Crippen LogP contribution in [0.4, 0.5) is 0 Å². The number of carbonyl (C=O) groups excluding carboxylic acids is 2. The molecule has 0 radical (unpaired) electrons.